The van der Waals surface area contributed by atoms with Crippen molar-refractivity contribution >= 4 is 11.9 Å². The Kier molecular flexibility index (Phi) is 6.90. The van der Waals surface area contributed by atoms with Crippen molar-refractivity contribution in [1.82, 2.24) is 20.0 Å². The third-order valence-corrected chi connectivity index (χ3v) is 5.49. The number of hydrogen-bond acceptors (Lipinski definition) is 4. The first-order valence-corrected chi connectivity index (χ1v) is 10.3. The third kappa shape index (κ3) is 4.78. The number of esters is 1. The molecule has 3 rings (SSSR count). The molecule has 2 aromatic rings. The maximum Gasteiger partial charge on any atom is 0.308 e. The molecule has 1 aliphatic rings. The second-order valence-corrected chi connectivity index (χ2v) is 7.35. The maximum atomic E-state index is 11.8. The fourth-order valence-corrected chi connectivity index (χ4v) is 3.80. The molecule has 7 heteroatoms. The van der Waals surface area contributed by atoms with Crippen molar-refractivity contribution in [2.24, 2.45) is 10.9 Å². The summed E-state index contributed by atoms with van der Waals surface area (Å²) in [5.74, 6) is 0.779. The SMILES string of the molecule is CCNC(=NCc1c(C)nn(-c2ccccc2)c1C)N1CCC(C(=O)OC)CC1. The van der Waals surface area contributed by atoms with Gasteiger partial charge in [0.2, 0.25) is 0 Å². The minimum Gasteiger partial charge on any atom is -0.469 e. The van der Waals surface area contributed by atoms with Gasteiger partial charge in [0.25, 0.3) is 0 Å². The number of methoxy groups -OCH3 is 1. The number of carbonyl (C=O) groups excluding carboxylic acids is 1. The quantitative estimate of drug-likeness (QED) is 0.477. The number of aromatic nitrogens is 2. The number of guanidine groups is 1. The molecule has 0 amide bonds. The molecule has 1 aliphatic heterocycles. The fourth-order valence-electron chi connectivity index (χ4n) is 3.80. The summed E-state index contributed by atoms with van der Waals surface area (Å²) in [6.45, 7) is 9.17. The van der Waals surface area contributed by atoms with Crippen LogP contribution in [0.25, 0.3) is 5.69 Å². The second-order valence-electron chi connectivity index (χ2n) is 7.35. The molecule has 0 unspecified atom stereocenters. The van der Waals surface area contributed by atoms with Crippen molar-refractivity contribution in [3.8, 4) is 5.69 Å². The van der Waals surface area contributed by atoms with E-state index in [1.54, 1.807) is 0 Å². The molecule has 0 spiro atoms. The Morgan fingerprint density at radius 1 is 1.24 bits per heavy atom. The number of para-hydroxylation sites is 1. The highest BCUT2D eigenvalue weighted by Gasteiger charge is 2.27. The van der Waals surface area contributed by atoms with Crippen LogP contribution < -0.4 is 5.32 Å². The Morgan fingerprint density at radius 2 is 1.93 bits per heavy atom. The lowest BCUT2D eigenvalue weighted by molar-refractivity contribution is -0.146. The topological polar surface area (TPSA) is 71.8 Å². The van der Waals surface area contributed by atoms with Gasteiger partial charge in [-0.3, -0.25) is 4.79 Å². The number of ether oxygens (including phenoxy) is 1. The minimum atomic E-state index is -0.105. The number of likely N-dealkylation sites (tertiary alicyclic amines) is 1. The minimum absolute atomic E-state index is 0.00674. The van der Waals surface area contributed by atoms with E-state index in [9.17, 15) is 4.79 Å². The molecule has 0 aliphatic carbocycles. The van der Waals surface area contributed by atoms with Gasteiger partial charge in [-0.2, -0.15) is 5.10 Å². The van der Waals surface area contributed by atoms with E-state index in [4.69, 9.17) is 14.8 Å². The molecule has 1 aromatic heterocycles. The number of nitrogens with one attached hydrogen (secondary N) is 1. The summed E-state index contributed by atoms with van der Waals surface area (Å²) in [5, 5.41) is 8.11. The molecule has 1 saturated heterocycles. The molecule has 156 valence electrons. The number of hydrogen-bond donors (Lipinski definition) is 1. The summed E-state index contributed by atoms with van der Waals surface area (Å²) in [5.41, 5.74) is 4.31. The summed E-state index contributed by atoms with van der Waals surface area (Å²) in [6.07, 6.45) is 1.59. The fraction of sp³-hybridized carbons (Fsp3) is 0.500. The average Bonchev–Trinajstić information content (AvgIpc) is 3.05. The largest absolute Gasteiger partial charge is 0.469 e. The van der Waals surface area contributed by atoms with Crippen molar-refractivity contribution in [2.75, 3.05) is 26.7 Å². The number of benzene rings is 1. The highest BCUT2D eigenvalue weighted by Crippen LogP contribution is 2.21. The van der Waals surface area contributed by atoms with Gasteiger partial charge in [0, 0.05) is 30.9 Å². The standard InChI is InChI=1S/C22H31N5O2/c1-5-23-22(26-13-11-18(12-14-26)21(28)29-4)24-15-20-16(2)25-27(17(20)3)19-9-7-6-8-10-19/h6-10,18H,5,11-15H2,1-4H3,(H,23,24). The Balaban J connectivity index is 1.74. The van der Waals surface area contributed by atoms with Crippen molar-refractivity contribution in [2.45, 2.75) is 40.2 Å². The van der Waals surface area contributed by atoms with Gasteiger partial charge < -0.3 is 15.0 Å². The number of aryl methyl sites for hydroxylation is 1. The molecule has 1 N–H and O–H groups in total. The van der Waals surface area contributed by atoms with Crippen molar-refractivity contribution in [1.29, 1.82) is 0 Å². The Hall–Kier alpha value is -2.83. The zero-order valence-electron chi connectivity index (χ0n) is 17.8. The Morgan fingerprint density at radius 3 is 2.55 bits per heavy atom. The lowest BCUT2D eigenvalue weighted by Gasteiger charge is -2.33. The predicted octanol–water partition coefficient (Wildman–Crippen LogP) is 2.84. The summed E-state index contributed by atoms with van der Waals surface area (Å²) in [7, 11) is 1.46. The van der Waals surface area contributed by atoms with Crippen LogP contribution in [0.4, 0.5) is 0 Å². The van der Waals surface area contributed by atoms with Gasteiger partial charge in [-0.05, 0) is 45.7 Å². The van der Waals surface area contributed by atoms with Crippen molar-refractivity contribution in [3.05, 3.63) is 47.3 Å². The van der Waals surface area contributed by atoms with Crippen LogP contribution >= 0.6 is 0 Å². The van der Waals surface area contributed by atoms with Gasteiger partial charge in [-0.1, -0.05) is 18.2 Å². The summed E-state index contributed by atoms with van der Waals surface area (Å²) in [4.78, 5) is 18.9. The molecule has 0 bridgehead atoms. The van der Waals surface area contributed by atoms with Gasteiger partial charge >= 0.3 is 5.97 Å². The van der Waals surface area contributed by atoms with E-state index in [1.807, 2.05) is 29.8 Å². The molecule has 0 radical (unpaired) electrons. The van der Waals surface area contributed by atoms with E-state index in [0.717, 1.165) is 61.1 Å². The second kappa shape index (κ2) is 9.58. The third-order valence-electron chi connectivity index (χ3n) is 5.49. The lowest BCUT2D eigenvalue weighted by Crippen LogP contribution is -2.46. The first-order valence-electron chi connectivity index (χ1n) is 10.3. The van der Waals surface area contributed by atoms with E-state index >= 15 is 0 Å². The van der Waals surface area contributed by atoms with E-state index in [2.05, 4.69) is 36.2 Å². The van der Waals surface area contributed by atoms with E-state index in [0.29, 0.717) is 6.54 Å². The summed E-state index contributed by atoms with van der Waals surface area (Å²) < 4.78 is 6.87. The average molecular weight is 398 g/mol. The van der Waals surface area contributed by atoms with E-state index < -0.39 is 0 Å². The number of carbonyl (C=O) groups is 1. The highest BCUT2D eigenvalue weighted by molar-refractivity contribution is 5.80. The van der Waals surface area contributed by atoms with Gasteiger partial charge in [0.05, 0.1) is 31.0 Å². The molecule has 1 aromatic carbocycles. The zero-order chi connectivity index (χ0) is 20.8. The van der Waals surface area contributed by atoms with Gasteiger partial charge in [0.15, 0.2) is 5.96 Å². The van der Waals surface area contributed by atoms with Crippen LogP contribution in [0.5, 0.6) is 0 Å². The van der Waals surface area contributed by atoms with Gasteiger partial charge in [0.1, 0.15) is 0 Å². The van der Waals surface area contributed by atoms with Crippen LogP contribution in [0.15, 0.2) is 35.3 Å². The number of nitrogens with zero attached hydrogens (tertiary/aromatic N) is 4. The molecular formula is C22H31N5O2. The van der Waals surface area contributed by atoms with Crippen LogP contribution in [0, 0.1) is 19.8 Å². The van der Waals surface area contributed by atoms with Crippen molar-refractivity contribution in [3.63, 3.8) is 0 Å². The van der Waals surface area contributed by atoms with Gasteiger partial charge in [-0.15, -0.1) is 0 Å². The summed E-state index contributed by atoms with van der Waals surface area (Å²) >= 11 is 0. The molecule has 2 heterocycles. The van der Waals surface area contributed by atoms with Gasteiger partial charge in [-0.25, -0.2) is 9.67 Å². The highest BCUT2D eigenvalue weighted by atomic mass is 16.5. The normalized spacial score (nSPS) is 15.4. The lowest BCUT2D eigenvalue weighted by atomic mass is 9.97. The number of piperidine rings is 1. The number of rotatable bonds is 5. The monoisotopic (exact) mass is 397 g/mol. The summed E-state index contributed by atoms with van der Waals surface area (Å²) in [6, 6.07) is 10.2. The van der Waals surface area contributed by atoms with Crippen LogP contribution in [-0.4, -0.2) is 53.4 Å². The maximum absolute atomic E-state index is 11.8. The number of aliphatic imine (C=N–C) groups is 1. The molecule has 0 atom stereocenters. The molecule has 29 heavy (non-hydrogen) atoms. The molecule has 1 fully saturated rings. The first kappa shape index (κ1) is 20.9. The Labute approximate surface area is 172 Å². The zero-order valence-corrected chi connectivity index (χ0v) is 17.8. The van der Waals surface area contributed by atoms with Crippen LogP contribution in [0.2, 0.25) is 0 Å². The molecule has 7 nitrogen and oxygen atoms in total. The van der Waals surface area contributed by atoms with Crippen molar-refractivity contribution < 1.29 is 9.53 Å². The van der Waals surface area contributed by atoms with E-state index in [1.165, 1.54) is 7.11 Å². The van der Waals surface area contributed by atoms with Crippen LogP contribution in [-0.2, 0) is 16.1 Å². The smallest absolute Gasteiger partial charge is 0.308 e. The van der Waals surface area contributed by atoms with Crippen LogP contribution in [0.3, 0.4) is 0 Å². The first-order chi connectivity index (χ1) is 14.0. The Bertz CT molecular complexity index is 852. The van der Waals surface area contributed by atoms with Crippen LogP contribution in [0.1, 0.15) is 36.7 Å². The predicted molar refractivity (Wildman–Crippen MR) is 114 cm³/mol. The molecule has 0 saturated carbocycles. The molecular weight excluding hydrogens is 366 g/mol. The van der Waals surface area contributed by atoms with E-state index in [-0.39, 0.29) is 11.9 Å².